The molecule has 0 spiro atoms. The molecule has 3 nitrogen and oxygen atoms in total. The van der Waals surface area contributed by atoms with E-state index in [1.807, 2.05) is 23.5 Å². The molecule has 1 rings (SSSR count). The van der Waals surface area contributed by atoms with E-state index in [0.29, 0.717) is 12.2 Å². The number of carbonyl (C=O) groups excluding carboxylic acids is 1. The minimum atomic E-state index is -1.85. The van der Waals surface area contributed by atoms with Crippen molar-refractivity contribution < 1.29 is 14.6 Å². The summed E-state index contributed by atoms with van der Waals surface area (Å²) in [4.78, 5) is 21.6. The Labute approximate surface area is 134 Å². The average molecular weight is 317 g/mol. The first-order chi connectivity index (χ1) is 10.6. The summed E-state index contributed by atoms with van der Waals surface area (Å²) in [7, 11) is -1.85. The second-order valence-electron chi connectivity index (χ2n) is 5.13. The van der Waals surface area contributed by atoms with Gasteiger partial charge in [-0.05, 0) is 24.6 Å². The minimum Gasteiger partial charge on any atom is -0.293 e. The van der Waals surface area contributed by atoms with Gasteiger partial charge in [0.2, 0.25) is 0 Å². The molecule has 22 heavy (non-hydrogen) atoms. The zero-order chi connectivity index (χ0) is 16.4. The van der Waals surface area contributed by atoms with E-state index in [2.05, 4.69) is 27.0 Å². The first-order valence-electron chi connectivity index (χ1n) is 7.64. The van der Waals surface area contributed by atoms with Crippen LogP contribution in [0.15, 0.2) is 48.8 Å². The van der Waals surface area contributed by atoms with Crippen molar-refractivity contribution in [1.29, 1.82) is 0 Å². The minimum absolute atomic E-state index is 0.401. The van der Waals surface area contributed by atoms with Gasteiger partial charge in [-0.15, -0.1) is 13.2 Å². The molecule has 0 amide bonds. The van der Waals surface area contributed by atoms with Gasteiger partial charge in [-0.3, -0.25) is 4.89 Å². The fourth-order valence-corrected chi connectivity index (χ4v) is 4.62. The second kappa shape index (κ2) is 9.38. The Bertz CT molecular complexity index is 486. The maximum atomic E-state index is 11.9. The third-order valence-corrected chi connectivity index (χ3v) is 7.87. The zero-order valence-corrected chi connectivity index (χ0v) is 14.3. The summed E-state index contributed by atoms with van der Waals surface area (Å²) in [5.74, 6) is -0.470. The highest BCUT2D eigenvalue weighted by molar-refractivity contribution is 6.99. The van der Waals surface area contributed by atoms with Gasteiger partial charge in [0.1, 0.15) is 8.07 Å². The Kier molecular flexibility index (Phi) is 7.84. The fraction of sp³-hybridized carbons (Fsp3) is 0.333. The third-order valence-electron chi connectivity index (χ3n) is 3.83. The van der Waals surface area contributed by atoms with Gasteiger partial charge in [-0.25, -0.2) is 4.79 Å². The average Bonchev–Trinajstić information content (AvgIpc) is 2.57. The highest BCUT2D eigenvalue weighted by Gasteiger charge is 2.26. The van der Waals surface area contributed by atoms with Crippen molar-refractivity contribution in [3.63, 3.8) is 0 Å². The molecule has 1 radical (unpaired) electrons. The molecular weight excluding hydrogens is 292 g/mol. The van der Waals surface area contributed by atoms with Crippen LogP contribution in [0.2, 0.25) is 6.04 Å². The molecule has 0 bridgehead atoms. The molecule has 0 aliphatic heterocycles. The molecule has 0 saturated carbocycles. The summed E-state index contributed by atoms with van der Waals surface area (Å²) in [6.07, 6.45) is 2.65. The van der Waals surface area contributed by atoms with Crippen molar-refractivity contribution in [1.82, 2.24) is 0 Å². The lowest BCUT2D eigenvalue weighted by atomic mass is 10.2. The number of benzene rings is 1. The van der Waals surface area contributed by atoms with E-state index in [1.165, 1.54) is 5.19 Å². The molecule has 1 aromatic carbocycles. The van der Waals surface area contributed by atoms with E-state index >= 15 is 0 Å². The SMILES string of the molecule is [CH2]CCCCOOC(=O)c1ccc([Si](C=C)(C=C)CC)cc1. The predicted octanol–water partition coefficient (Wildman–Crippen LogP) is 3.91. The van der Waals surface area contributed by atoms with E-state index in [9.17, 15) is 4.79 Å². The normalized spacial score (nSPS) is 11.0. The Morgan fingerprint density at radius 2 is 1.82 bits per heavy atom. The Hall–Kier alpha value is -1.65. The van der Waals surface area contributed by atoms with Crippen molar-refractivity contribution in [2.24, 2.45) is 0 Å². The number of rotatable bonds is 10. The molecule has 0 aliphatic carbocycles. The first kappa shape index (κ1) is 18.4. The summed E-state index contributed by atoms with van der Waals surface area (Å²) >= 11 is 0. The van der Waals surface area contributed by atoms with Crippen molar-refractivity contribution in [2.45, 2.75) is 32.2 Å². The highest BCUT2D eigenvalue weighted by Crippen LogP contribution is 2.13. The van der Waals surface area contributed by atoms with Crippen LogP contribution in [-0.4, -0.2) is 20.7 Å². The van der Waals surface area contributed by atoms with Gasteiger partial charge in [0.05, 0.1) is 12.2 Å². The topological polar surface area (TPSA) is 35.5 Å². The van der Waals surface area contributed by atoms with Crippen LogP contribution in [0.4, 0.5) is 0 Å². The van der Waals surface area contributed by atoms with Crippen molar-refractivity contribution in [3.05, 3.63) is 61.3 Å². The molecule has 0 atom stereocenters. The predicted molar refractivity (Wildman–Crippen MR) is 93.3 cm³/mol. The smallest absolute Gasteiger partial charge is 0.293 e. The van der Waals surface area contributed by atoms with Crippen LogP contribution in [-0.2, 0) is 9.78 Å². The lowest BCUT2D eigenvalue weighted by Crippen LogP contribution is -2.43. The van der Waals surface area contributed by atoms with E-state index in [4.69, 9.17) is 9.78 Å². The number of hydrogen-bond donors (Lipinski definition) is 0. The van der Waals surface area contributed by atoms with Crippen LogP contribution in [0.25, 0.3) is 0 Å². The number of hydrogen-bond acceptors (Lipinski definition) is 3. The van der Waals surface area contributed by atoms with E-state index in [0.717, 1.165) is 25.3 Å². The van der Waals surface area contributed by atoms with Crippen molar-refractivity contribution >= 4 is 19.2 Å². The van der Waals surface area contributed by atoms with Crippen LogP contribution in [0, 0.1) is 6.92 Å². The van der Waals surface area contributed by atoms with Crippen molar-refractivity contribution in [2.75, 3.05) is 6.61 Å². The van der Waals surface area contributed by atoms with E-state index in [1.54, 1.807) is 12.1 Å². The molecule has 119 valence electrons. The van der Waals surface area contributed by atoms with Gasteiger partial charge in [-0.1, -0.05) is 55.4 Å². The summed E-state index contributed by atoms with van der Waals surface area (Å²) in [6, 6.07) is 8.44. The van der Waals surface area contributed by atoms with Gasteiger partial charge < -0.3 is 0 Å². The van der Waals surface area contributed by atoms with Gasteiger partial charge in [0, 0.05) is 0 Å². The quantitative estimate of drug-likeness (QED) is 0.284. The third kappa shape index (κ3) is 4.68. The Balaban J connectivity index is 2.66. The van der Waals surface area contributed by atoms with Crippen LogP contribution in [0.1, 0.15) is 36.5 Å². The molecule has 0 saturated heterocycles. The molecule has 1 aromatic rings. The summed E-state index contributed by atoms with van der Waals surface area (Å²) in [5, 5.41) is 1.19. The fourth-order valence-electron chi connectivity index (χ4n) is 2.21. The van der Waals surface area contributed by atoms with E-state index < -0.39 is 14.0 Å². The zero-order valence-electron chi connectivity index (χ0n) is 13.3. The van der Waals surface area contributed by atoms with Crippen LogP contribution in [0.5, 0.6) is 0 Å². The van der Waals surface area contributed by atoms with Crippen LogP contribution in [0.3, 0.4) is 0 Å². The van der Waals surface area contributed by atoms with E-state index in [-0.39, 0.29) is 0 Å². The molecular formula is C18H25O3Si. The summed E-state index contributed by atoms with van der Waals surface area (Å²) in [5.41, 5.74) is 4.51. The number of unbranched alkanes of at least 4 members (excludes halogenated alkanes) is 2. The van der Waals surface area contributed by atoms with Crippen LogP contribution < -0.4 is 5.19 Å². The van der Waals surface area contributed by atoms with Crippen LogP contribution >= 0.6 is 0 Å². The largest absolute Gasteiger partial charge is 0.373 e. The molecule has 4 heteroatoms. The molecule has 0 aromatic heterocycles. The maximum Gasteiger partial charge on any atom is 0.373 e. The molecule has 0 N–H and O–H groups in total. The summed E-state index contributed by atoms with van der Waals surface area (Å²) < 4.78 is 0. The highest BCUT2D eigenvalue weighted by atomic mass is 28.3. The van der Waals surface area contributed by atoms with Gasteiger partial charge in [0.15, 0.2) is 0 Å². The molecule has 0 unspecified atom stereocenters. The molecule has 0 aliphatic rings. The van der Waals surface area contributed by atoms with Gasteiger partial charge >= 0.3 is 5.97 Å². The standard InChI is InChI=1S/C18H25O3Si/c1-5-9-10-15-20-21-18(19)16-11-13-17(14-12-16)22(6-2,7-3)8-4/h6-7,11-14H,1-3,5,8-10,15H2,4H3. The Morgan fingerprint density at radius 3 is 2.32 bits per heavy atom. The monoisotopic (exact) mass is 317 g/mol. The maximum absolute atomic E-state index is 11.9. The van der Waals surface area contributed by atoms with Gasteiger partial charge in [-0.2, -0.15) is 4.89 Å². The first-order valence-corrected chi connectivity index (χ1v) is 10.0. The van der Waals surface area contributed by atoms with Gasteiger partial charge in [0.25, 0.3) is 0 Å². The summed E-state index contributed by atoms with van der Waals surface area (Å²) in [6.45, 7) is 14.2. The number of carbonyl (C=O) groups is 1. The molecule has 0 heterocycles. The second-order valence-corrected chi connectivity index (χ2v) is 9.31. The van der Waals surface area contributed by atoms with Crippen molar-refractivity contribution in [3.8, 4) is 0 Å². The molecule has 0 fully saturated rings. The lowest BCUT2D eigenvalue weighted by Gasteiger charge is -2.23. The Morgan fingerprint density at radius 1 is 1.18 bits per heavy atom. The lowest BCUT2D eigenvalue weighted by molar-refractivity contribution is -0.241.